The monoisotopic (exact) mass is 348 g/mol. The Morgan fingerprint density at radius 1 is 1.28 bits per heavy atom. The maximum atomic E-state index is 13.2. The number of aryl methyl sites for hydroxylation is 1. The summed E-state index contributed by atoms with van der Waals surface area (Å²) in [5.74, 6) is 0.751. The molecule has 0 saturated carbocycles. The van der Waals surface area contributed by atoms with E-state index in [0.29, 0.717) is 6.04 Å². The zero-order chi connectivity index (χ0) is 17.9. The van der Waals surface area contributed by atoms with Crippen LogP contribution in [0, 0.1) is 5.82 Å². The number of halogens is 1. The first-order valence-electron chi connectivity index (χ1n) is 9.73. The van der Waals surface area contributed by atoms with Gasteiger partial charge in [-0.1, -0.05) is 19.1 Å². The maximum absolute atomic E-state index is 13.2. The van der Waals surface area contributed by atoms with Crippen LogP contribution in [0.4, 0.5) is 4.39 Å². The van der Waals surface area contributed by atoms with Crippen molar-refractivity contribution in [2.75, 3.05) is 32.7 Å². The quantitative estimate of drug-likeness (QED) is 0.431. The second-order valence-corrected chi connectivity index (χ2v) is 6.75. The average Bonchev–Trinajstić information content (AvgIpc) is 2.61. The van der Waals surface area contributed by atoms with Gasteiger partial charge in [-0.2, -0.15) is 0 Å². The van der Waals surface area contributed by atoms with Crippen LogP contribution in [0.25, 0.3) is 0 Å². The lowest BCUT2D eigenvalue weighted by atomic mass is 10.1. The van der Waals surface area contributed by atoms with Crippen LogP contribution in [0.3, 0.4) is 0 Å². The number of guanidine groups is 1. The highest BCUT2D eigenvalue weighted by Gasteiger charge is 2.19. The largest absolute Gasteiger partial charge is 0.357 e. The van der Waals surface area contributed by atoms with Gasteiger partial charge in [-0.05, 0) is 63.3 Å². The summed E-state index contributed by atoms with van der Waals surface area (Å²) in [5, 5.41) is 6.92. The molecule has 2 N–H and O–H groups in total. The molecule has 1 aliphatic heterocycles. The molecular weight excluding hydrogens is 315 g/mol. The fraction of sp³-hybridized carbons (Fsp3) is 0.650. The van der Waals surface area contributed by atoms with Crippen molar-refractivity contribution >= 4 is 5.96 Å². The second-order valence-electron chi connectivity index (χ2n) is 6.75. The summed E-state index contributed by atoms with van der Waals surface area (Å²) < 4.78 is 13.2. The summed E-state index contributed by atoms with van der Waals surface area (Å²) in [5.41, 5.74) is 1.04. The predicted molar refractivity (Wildman–Crippen MR) is 104 cm³/mol. The van der Waals surface area contributed by atoms with E-state index in [-0.39, 0.29) is 5.82 Å². The van der Waals surface area contributed by atoms with Crippen LogP contribution in [0.5, 0.6) is 0 Å². The van der Waals surface area contributed by atoms with E-state index in [2.05, 4.69) is 34.4 Å². The fourth-order valence-corrected chi connectivity index (χ4v) is 3.30. The highest BCUT2D eigenvalue weighted by molar-refractivity contribution is 5.80. The third-order valence-corrected chi connectivity index (χ3v) is 4.59. The first kappa shape index (κ1) is 19.7. The van der Waals surface area contributed by atoms with Crippen LogP contribution < -0.4 is 10.6 Å². The first-order valence-corrected chi connectivity index (χ1v) is 9.73. The summed E-state index contributed by atoms with van der Waals surface area (Å²) in [6.07, 6.45) is 5.36. The Morgan fingerprint density at radius 3 is 2.76 bits per heavy atom. The molecule has 0 aromatic heterocycles. The van der Waals surface area contributed by atoms with Crippen molar-refractivity contribution in [1.82, 2.24) is 15.5 Å². The Kier molecular flexibility index (Phi) is 8.73. The van der Waals surface area contributed by atoms with E-state index < -0.39 is 0 Å². The summed E-state index contributed by atoms with van der Waals surface area (Å²) in [7, 11) is 0. The van der Waals surface area contributed by atoms with Crippen molar-refractivity contribution in [3.8, 4) is 0 Å². The number of likely N-dealkylation sites (tertiary alicyclic amines) is 1. The summed E-state index contributed by atoms with van der Waals surface area (Å²) in [6, 6.07) is 7.34. The second kappa shape index (κ2) is 11.1. The molecule has 1 saturated heterocycles. The molecule has 0 spiro atoms. The van der Waals surface area contributed by atoms with Gasteiger partial charge in [0.05, 0.1) is 0 Å². The minimum Gasteiger partial charge on any atom is -0.357 e. The molecule has 0 radical (unpaired) electrons. The van der Waals surface area contributed by atoms with Crippen LogP contribution in [0.15, 0.2) is 29.3 Å². The highest BCUT2D eigenvalue weighted by Crippen LogP contribution is 2.10. The van der Waals surface area contributed by atoms with Gasteiger partial charge in [0.15, 0.2) is 5.96 Å². The van der Waals surface area contributed by atoms with E-state index >= 15 is 0 Å². The lowest BCUT2D eigenvalue weighted by Gasteiger charge is -2.32. The van der Waals surface area contributed by atoms with E-state index in [0.717, 1.165) is 37.5 Å². The van der Waals surface area contributed by atoms with E-state index in [9.17, 15) is 4.39 Å². The summed E-state index contributed by atoms with van der Waals surface area (Å²) >= 11 is 0. The Hall–Kier alpha value is -1.62. The zero-order valence-electron chi connectivity index (χ0n) is 15.7. The number of nitrogens with zero attached hydrogens (tertiary/aromatic N) is 2. The molecule has 0 aliphatic carbocycles. The highest BCUT2D eigenvalue weighted by atomic mass is 19.1. The van der Waals surface area contributed by atoms with Gasteiger partial charge in [0.2, 0.25) is 0 Å². The Labute approximate surface area is 151 Å². The normalized spacial score (nSPS) is 16.8. The Bertz CT molecular complexity index is 524. The molecule has 0 bridgehead atoms. The minimum atomic E-state index is -0.162. The molecule has 4 nitrogen and oxygen atoms in total. The van der Waals surface area contributed by atoms with Crippen LogP contribution in [-0.2, 0) is 6.42 Å². The molecule has 140 valence electrons. The molecular formula is C20H33FN4. The van der Waals surface area contributed by atoms with Gasteiger partial charge in [-0.15, -0.1) is 0 Å². The van der Waals surface area contributed by atoms with Gasteiger partial charge >= 0.3 is 0 Å². The van der Waals surface area contributed by atoms with Gasteiger partial charge in [-0.25, -0.2) is 4.39 Å². The predicted octanol–water partition coefficient (Wildman–Crippen LogP) is 3.19. The number of aliphatic imine (C=N–C) groups is 1. The smallest absolute Gasteiger partial charge is 0.191 e. The number of hydrogen-bond acceptors (Lipinski definition) is 2. The Morgan fingerprint density at radius 2 is 2.08 bits per heavy atom. The van der Waals surface area contributed by atoms with E-state index in [4.69, 9.17) is 0 Å². The first-order chi connectivity index (χ1) is 12.2. The maximum Gasteiger partial charge on any atom is 0.191 e. The molecule has 5 heteroatoms. The molecule has 1 aromatic rings. The van der Waals surface area contributed by atoms with Crippen molar-refractivity contribution in [2.45, 2.75) is 52.0 Å². The molecule has 25 heavy (non-hydrogen) atoms. The average molecular weight is 349 g/mol. The van der Waals surface area contributed by atoms with Gasteiger partial charge in [0, 0.05) is 32.2 Å². The van der Waals surface area contributed by atoms with Crippen molar-refractivity contribution in [1.29, 1.82) is 0 Å². The molecule has 0 atom stereocenters. The van der Waals surface area contributed by atoms with Gasteiger partial charge in [0.1, 0.15) is 5.82 Å². The van der Waals surface area contributed by atoms with Crippen molar-refractivity contribution in [3.63, 3.8) is 0 Å². The Balaban J connectivity index is 1.74. The SMILES string of the molecule is CCCN1CCC(NC(=NCCCc2cccc(F)c2)NCC)CC1. The summed E-state index contributed by atoms with van der Waals surface area (Å²) in [6.45, 7) is 9.50. The molecule has 0 unspecified atom stereocenters. The van der Waals surface area contributed by atoms with E-state index in [1.165, 1.54) is 45.0 Å². The minimum absolute atomic E-state index is 0.162. The van der Waals surface area contributed by atoms with Crippen molar-refractivity contribution in [3.05, 3.63) is 35.6 Å². The molecule has 2 rings (SSSR count). The molecule has 0 amide bonds. The molecule has 1 fully saturated rings. The van der Waals surface area contributed by atoms with E-state index in [1.54, 1.807) is 12.1 Å². The van der Waals surface area contributed by atoms with E-state index in [1.807, 2.05) is 6.07 Å². The van der Waals surface area contributed by atoms with Gasteiger partial charge in [-0.3, -0.25) is 4.99 Å². The number of piperidine rings is 1. The fourth-order valence-electron chi connectivity index (χ4n) is 3.30. The molecule has 1 aliphatic rings. The third-order valence-electron chi connectivity index (χ3n) is 4.59. The molecule has 1 aromatic carbocycles. The van der Waals surface area contributed by atoms with Crippen molar-refractivity contribution < 1.29 is 4.39 Å². The lowest BCUT2D eigenvalue weighted by molar-refractivity contribution is 0.206. The lowest BCUT2D eigenvalue weighted by Crippen LogP contribution is -2.48. The van der Waals surface area contributed by atoms with Crippen LogP contribution in [0.1, 0.15) is 45.1 Å². The van der Waals surface area contributed by atoms with Crippen LogP contribution >= 0.6 is 0 Å². The third kappa shape index (κ3) is 7.43. The van der Waals surface area contributed by atoms with Crippen molar-refractivity contribution in [2.24, 2.45) is 4.99 Å². The van der Waals surface area contributed by atoms with Gasteiger partial charge in [0.25, 0.3) is 0 Å². The molecule has 1 heterocycles. The van der Waals surface area contributed by atoms with Crippen LogP contribution in [-0.4, -0.2) is 49.6 Å². The topological polar surface area (TPSA) is 39.7 Å². The van der Waals surface area contributed by atoms with Gasteiger partial charge < -0.3 is 15.5 Å². The number of hydrogen-bond donors (Lipinski definition) is 2. The number of rotatable bonds is 8. The number of benzene rings is 1. The zero-order valence-corrected chi connectivity index (χ0v) is 15.7. The number of nitrogens with one attached hydrogen (secondary N) is 2. The van der Waals surface area contributed by atoms with Crippen LogP contribution in [0.2, 0.25) is 0 Å². The summed E-state index contributed by atoms with van der Waals surface area (Å²) in [4.78, 5) is 7.23. The standard InChI is InChI=1S/C20H33FN4/c1-3-13-25-14-10-19(11-15-25)24-20(22-4-2)23-12-6-8-17-7-5-9-18(21)16-17/h5,7,9,16,19H,3-4,6,8,10-15H2,1-2H3,(H2,22,23,24).